The van der Waals surface area contributed by atoms with Gasteiger partial charge in [0.1, 0.15) is 5.75 Å². The first-order chi connectivity index (χ1) is 15.7. The molecule has 0 bridgehead atoms. The molecule has 6 nitrogen and oxygen atoms in total. The van der Waals surface area contributed by atoms with Crippen molar-refractivity contribution in [3.8, 4) is 11.6 Å². The third kappa shape index (κ3) is 5.84. The molecule has 1 unspecified atom stereocenters. The van der Waals surface area contributed by atoms with Gasteiger partial charge < -0.3 is 15.0 Å². The molecular formula is C26H30N4O2. The van der Waals surface area contributed by atoms with Gasteiger partial charge in [-0.2, -0.15) is 0 Å². The Labute approximate surface area is 189 Å². The molecule has 0 aliphatic carbocycles. The molecular weight excluding hydrogens is 400 g/mol. The van der Waals surface area contributed by atoms with Gasteiger partial charge in [0.25, 0.3) is 5.88 Å². The molecule has 1 atom stereocenters. The Balaban J connectivity index is 1.33. The first-order valence-electron chi connectivity index (χ1n) is 11.3. The van der Waals surface area contributed by atoms with Crippen molar-refractivity contribution in [1.29, 1.82) is 0 Å². The number of ether oxygens (including phenoxy) is 1. The zero-order valence-corrected chi connectivity index (χ0v) is 18.5. The Bertz CT molecular complexity index is 1010. The van der Waals surface area contributed by atoms with Crippen LogP contribution in [0.2, 0.25) is 0 Å². The number of benzene rings is 2. The number of anilines is 1. The molecule has 6 heteroatoms. The summed E-state index contributed by atoms with van der Waals surface area (Å²) in [7, 11) is 0. The maximum atomic E-state index is 12.8. The van der Waals surface area contributed by atoms with Crippen molar-refractivity contribution in [2.75, 3.05) is 24.5 Å². The molecule has 166 valence electrons. The molecule has 2 aromatic carbocycles. The summed E-state index contributed by atoms with van der Waals surface area (Å²) >= 11 is 0. The van der Waals surface area contributed by atoms with Crippen molar-refractivity contribution >= 4 is 11.7 Å². The van der Waals surface area contributed by atoms with E-state index in [0.717, 1.165) is 38.0 Å². The lowest BCUT2D eigenvalue weighted by molar-refractivity contribution is -0.125. The Hall–Kier alpha value is -3.41. The summed E-state index contributed by atoms with van der Waals surface area (Å²) in [5.41, 5.74) is 2.47. The van der Waals surface area contributed by atoms with E-state index in [9.17, 15) is 4.79 Å². The number of carbonyl (C=O) groups is 1. The van der Waals surface area contributed by atoms with E-state index in [2.05, 4.69) is 32.3 Å². The molecule has 0 saturated carbocycles. The van der Waals surface area contributed by atoms with Crippen molar-refractivity contribution in [2.24, 2.45) is 5.92 Å². The van der Waals surface area contributed by atoms with Crippen LogP contribution in [0.15, 0.2) is 67.0 Å². The summed E-state index contributed by atoms with van der Waals surface area (Å²) in [5, 5.41) is 3.12. The van der Waals surface area contributed by atoms with Gasteiger partial charge in [-0.1, -0.05) is 48.0 Å². The van der Waals surface area contributed by atoms with Gasteiger partial charge >= 0.3 is 0 Å². The molecule has 4 rings (SSSR count). The third-order valence-corrected chi connectivity index (χ3v) is 5.76. The van der Waals surface area contributed by atoms with Crippen LogP contribution in [0.4, 0.5) is 5.82 Å². The first kappa shape index (κ1) is 21.8. The van der Waals surface area contributed by atoms with Gasteiger partial charge in [-0.3, -0.25) is 4.79 Å². The predicted molar refractivity (Wildman–Crippen MR) is 126 cm³/mol. The lowest BCUT2D eigenvalue weighted by atomic mass is 9.97. The highest BCUT2D eigenvalue weighted by atomic mass is 16.5. The number of aryl methyl sites for hydroxylation is 2. The molecule has 1 aliphatic rings. The summed E-state index contributed by atoms with van der Waals surface area (Å²) in [5.74, 6) is 1.94. The Morgan fingerprint density at radius 2 is 1.88 bits per heavy atom. The van der Waals surface area contributed by atoms with Crippen molar-refractivity contribution in [3.63, 3.8) is 0 Å². The minimum Gasteiger partial charge on any atom is -0.436 e. The molecule has 0 spiro atoms. The van der Waals surface area contributed by atoms with Gasteiger partial charge in [0, 0.05) is 32.0 Å². The number of rotatable bonds is 8. The molecule has 1 amide bonds. The average Bonchev–Trinajstić information content (AvgIpc) is 2.84. The molecule has 1 saturated heterocycles. The van der Waals surface area contributed by atoms with Gasteiger partial charge in [-0.15, -0.1) is 0 Å². The van der Waals surface area contributed by atoms with Gasteiger partial charge in [0.05, 0.1) is 5.92 Å². The summed E-state index contributed by atoms with van der Waals surface area (Å²) < 4.78 is 6.02. The fourth-order valence-corrected chi connectivity index (χ4v) is 4.00. The number of nitrogens with one attached hydrogen (secondary N) is 1. The van der Waals surface area contributed by atoms with Crippen LogP contribution in [0.3, 0.4) is 0 Å². The van der Waals surface area contributed by atoms with Crippen LogP contribution in [0.5, 0.6) is 11.6 Å². The standard InChI is InChI=1S/C26H30N4O2/c1-20-11-13-23(14-12-20)32-26-24(27-16-17-29-26)30-18-6-10-22(19-30)25(31)28-15-5-9-21-7-3-2-4-8-21/h2-4,7-8,11-14,16-17,22H,5-6,9-10,15,18-19H2,1H3,(H,28,31). The van der Waals surface area contributed by atoms with Crippen LogP contribution < -0.4 is 15.0 Å². The van der Waals surface area contributed by atoms with E-state index in [0.29, 0.717) is 24.8 Å². The lowest BCUT2D eigenvalue weighted by Gasteiger charge is -2.33. The number of carbonyl (C=O) groups excluding carboxylic acids is 1. The summed E-state index contributed by atoms with van der Waals surface area (Å²) in [6.45, 7) is 4.18. The minimum absolute atomic E-state index is 0.0605. The van der Waals surface area contributed by atoms with E-state index < -0.39 is 0 Å². The van der Waals surface area contributed by atoms with E-state index in [4.69, 9.17) is 4.74 Å². The molecule has 32 heavy (non-hydrogen) atoms. The maximum absolute atomic E-state index is 12.8. The molecule has 1 aliphatic heterocycles. The van der Waals surface area contributed by atoms with Crippen molar-refractivity contribution in [1.82, 2.24) is 15.3 Å². The Kier molecular flexibility index (Phi) is 7.33. The summed E-state index contributed by atoms with van der Waals surface area (Å²) in [6, 6.07) is 18.2. The smallest absolute Gasteiger partial charge is 0.263 e. The second-order valence-electron chi connectivity index (χ2n) is 8.27. The van der Waals surface area contributed by atoms with E-state index in [1.807, 2.05) is 49.4 Å². The predicted octanol–water partition coefficient (Wildman–Crippen LogP) is 4.54. The highest BCUT2D eigenvalue weighted by Gasteiger charge is 2.28. The zero-order chi connectivity index (χ0) is 22.2. The fraction of sp³-hybridized carbons (Fsp3) is 0.346. The number of nitrogens with zero attached hydrogens (tertiary/aromatic N) is 3. The van der Waals surface area contributed by atoms with Crippen LogP contribution in [-0.2, 0) is 11.2 Å². The first-order valence-corrected chi connectivity index (χ1v) is 11.3. The number of hydrogen-bond donors (Lipinski definition) is 1. The van der Waals surface area contributed by atoms with E-state index in [-0.39, 0.29) is 11.8 Å². The largest absolute Gasteiger partial charge is 0.436 e. The number of piperidine rings is 1. The monoisotopic (exact) mass is 430 g/mol. The third-order valence-electron chi connectivity index (χ3n) is 5.76. The molecule has 1 fully saturated rings. The maximum Gasteiger partial charge on any atom is 0.263 e. The molecule has 1 N–H and O–H groups in total. The quantitative estimate of drug-likeness (QED) is 0.532. The second kappa shape index (κ2) is 10.8. The second-order valence-corrected chi connectivity index (χ2v) is 8.27. The number of aromatic nitrogens is 2. The van der Waals surface area contributed by atoms with Crippen LogP contribution in [-0.4, -0.2) is 35.5 Å². The van der Waals surface area contributed by atoms with Crippen LogP contribution in [0.1, 0.15) is 30.4 Å². The Morgan fingerprint density at radius 3 is 2.69 bits per heavy atom. The van der Waals surface area contributed by atoms with Gasteiger partial charge in [-0.25, -0.2) is 9.97 Å². The van der Waals surface area contributed by atoms with E-state index in [1.165, 1.54) is 11.1 Å². The van der Waals surface area contributed by atoms with Crippen LogP contribution in [0.25, 0.3) is 0 Å². The van der Waals surface area contributed by atoms with Crippen LogP contribution in [0, 0.1) is 12.8 Å². The van der Waals surface area contributed by atoms with Gasteiger partial charge in [0.2, 0.25) is 5.91 Å². The summed E-state index contributed by atoms with van der Waals surface area (Å²) in [4.78, 5) is 23.8. The number of hydrogen-bond acceptors (Lipinski definition) is 5. The van der Waals surface area contributed by atoms with Gasteiger partial charge in [-0.05, 0) is 50.3 Å². The van der Waals surface area contributed by atoms with Crippen molar-refractivity contribution in [2.45, 2.75) is 32.6 Å². The average molecular weight is 431 g/mol. The highest BCUT2D eigenvalue weighted by Crippen LogP contribution is 2.31. The summed E-state index contributed by atoms with van der Waals surface area (Å²) in [6.07, 6.45) is 7.03. The van der Waals surface area contributed by atoms with Crippen molar-refractivity contribution < 1.29 is 9.53 Å². The molecule has 3 aromatic rings. The molecule has 2 heterocycles. The topological polar surface area (TPSA) is 67.4 Å². The fourth-order valence-electron chi connectivity index (χ4n) is 4.00. The van der Waals surface area contributed by atoms with E-state index >= 15 is 0 Å². The van der Waals surface area contributed by atoms with E-state index in [1.54, 1.807) is 12.4 Å². The van der Waals surface area contributed by atoms with Crippen molar-refractivity contribution in [3.05, 3.63) is 78.1 Å². The number of amides is 1. The lowest BCUT2D eigenvalue weighted by Crippen LogP contribution is -2.43. The Morgan fingerprint density at radius 1 is 1.09 bits per heavy atom. The minimum atomic E-state index is -0.0605. The van der Waals surface area contributed by atoms with Crippen LogP contribution >= 0.6 is 0 Å². The highest BCUT2D eigenvalue weighted by molar-refractivity contribution is 5.79. The molecule has 1 aromatic heterocycles. The van der Waals surface area contributed by atoms with Gasteiger partial charge in [0.15, 0.2) is 5.82 Å². The molecule has 0 radical (unpaired) electrons. The zero-order valence-electron chi connectivity index (χ0n) is 18.5. The SMILES string of the molecule is Cc1ccc(Oc2nccnc2N2CCCC(C(=O)NCCCc3ccccc3)C2)cc1. The normalized spacial score (nSPS) is 15.9.